The number of aromatic nitrogens is 1. The van der Waals surface area contributed by atoms with E-state index in [1.165, 1.54) is 11.3 Å². The molecule has 2 heterocycles. The van der Waals surface area contributed by atoms with E-state index in [0.717, 1.165) is 17.5 Å². The Kier molecular flexibility index (Phi) is 6.12. The van der Waals surface area contributed by atoms with E-state index in [9.17, 15) is 9.59 Å². The lowest BCUT2D eigenvalue weighted by atomic mass is 9.99. The summed E-state index contributed by atoms with van der Waals surface area (Å²) in [5.74, 6) is 1.17. The molecule has 0 radical (unpaired) electrons. The molecule has 1 aliphatic heterocycles. The van der Waals surface area contributed by atoms with E-state index in [0.29, 0.717) is 29.7 Å². The van der Waals surface area contributed by atoms with Crippen LogP contribution < -0.4 is 20.1 Å². The van der Waals surface area contributed by atoms with Crippen molar-refractivity contribution in [3.63, 3.8) is 0 Å². The Hall–Kier alpha value is -2.81. The first-order chi connectivity index (χ1) is 13.1. The Bertz CT molecular complexity index is 810. The molecule has 9 heteroatoms. The number of ether oxygens (including phenoxy) is 2. The van der Waals surface area contributed by atoms with Crippen LogP contribution in [0.1, 0.15) is 17.5 Å². The van der Waals surface area contributed by atoms with E-state index in [2.05, 4.69) is 15.6 Å². The molecule has 0 unspecified atom stereocenters. The van der Waals surface area contributed by atoms with E-state index in [-0.39, 0.29) is 24.9 Å². The van der Waals surface area contributed by atoms with Crippen molar-refractivity contribution in [3.05, 3.63) is 34.8 Å². The Morgan fingerprint density at radius 3 is 2.63 bits per heavy atom. The first-order valence-corrected chi connectivity index (χ1v) is 9.44. The second-order valence-electron chi connectivity index (χ2n) is 6.01. The predicted molar refractivity (Wildman–Crippen MR) is 102 cm³/mol. The molecule has 1 aromatic heterocycles. The maximum atomic E-state index is 12.4. The van der Waals surface area contributed by atoms with Crippen LogP contribution >= 0.6 is 11.3 Å². The highest BCUT2D eigenvalue weighted by Crippen LogP contribution is 2.33. The van der Waals surface area contributed by atoms with Crippen molar-refractivity contribution < 1.29 is 19.1 Å². The summed E-state index contributed by atoms with van der Waals surface area (Å²) in [5, 5.41) is 7.83. The highest BCUT2D eigenvalue weighted by Gasteiger charge is 2.22. The van der Waals surface area contributed by atoms with Crippen LogP contribution in [0.25, 0.3) is 0 Å². The third kappa shape index (κ3) is 4.68. The van der Waals surface area contributed by atoms with Gasteiger partial charge < -0.3 is 25.0 Å². The van der Waals surface area contributed by atoms with Crippen LogP contribution in [0.15, 0.2) is 23.7 Å². The van der Waals surface area contributed by atoms with Crippen molar-refractivity contribution >= 4 is 28.4 Å². The summed E-state index contributed by atoms with van der Waals surface area (Å²) in [6.45, 7) is 1.37. The monoisotopic (exact) mass is 390 g/mol. The number of nitrogens with zero attached hydrogens (tertiary/aromatic N) is 2. The molecule has 0 saturated carbocycles. The number of amides is 3. The van der Waals surface area contributed by atoms with Gasteiger partial charge in [-0.15, -0.1) is 11.3 Å². The summed E-state index contributed by atoms with van der Waals surface area (Å²) in [6, 6.07) is 3.69. The van der Waals surface area contributed by atoms with Gasteiger partial charge in [0.05, 0.1) is 14.2 Å². The second kappa shape index (κ2) is 8.72. The zero-order chi connectivity index (χ0) is 19.2. The molecular formula is C18H22N4O4S. The number of thiazole rings is 1. The smallest absolute Gasteiger partial charge is 0.317 e. The van der Waals surface area contributed by atoms with Gasteiger partial charge in [-0.05, 0) is 29.7 Å². The van der Waals surface area contributed by atoms with Crippen molar-refractivity contribution in [2.45, 2.75) is 19.4 Å². The molecule has 1 aliphatic rings. The van der Waals surface area contributed by atoms with Gasteiger partial charge in [0.25, 0.3) is 0 Å². The number of fused-ring (bicyclic) bond motifs is 1. The summed E-state index contributed by atoms with van der Waals surface area (Å²) < 4.78 is 10.7. The minimum atomic E-state index is -0.183. The Morgan fingerprint density at radius 1 is 1.22 bits per heavy atom. The summed E-state index contributed by atoms with van der Waals surface area (Å²) in [6.07, 6.45) is 2.56. The van der Waals surface area contributed by atoms with Crippen molar-refractivity contribution in [2.75, 3.05) is 32.6 Å². The lowest BCUT2D eigenvalue weighted by molar-refractivity contribution is -0.116. The number of methoxy groups -OCH3 is 2. The standard InChI is InChI=1S/C18H22N4O4S/c1-25-14-9-12-4-7-22(11-13(12)10-15(14)26-2)18(24)20-5-3-16(23)21-17-19-6-8-27-17/h6,8-10H,3-5,7,11H2,1-2H3,(H,20,24)(H,19,21,23). The molecule has 144 valence electrons. The fraction of sp³-hybridized carbons (Fsp3) is 0.389. The van der Waals surface area contributed by atoms with Gasteiger partial charge in [0, 0.05) is 37.6 Å². The molecule has 0 fully saturated rings. The Labute approximate surface area is 161 Å². The molecule has 0 atom stereocenters. The van der Waals surface area contributed by atoms with Crippen molar-refractivity contribution in [2.24, 2.45) is 0 Å². The topological polar surface area (TPSA) is 92.8 Å². The lowest BCUT2D eigenvalue weighted by Crippen LogP contribution is -2.43. The van der Waals surface area contributed by atoms with Crippen LogP contribution in [0, 0.1) is 0 Å². The summed E-state index contributed by atoms with van der Waals surface area (Å²) in [7, 11) is 3.20. The van der Waals surface area contributed by atoms with Crippen LogP contribution in [0.5, 0.6) is 11.5 Å². The first-order valence-electron chi connectivity index (χ1n) is 8.56. The normalized spacial score (nSPS) is 12.9. The number of hydrogen-bond donors (Lipinski definition) is 2. The zero-order valence-electron chi connectivity index (χ0n) is 15.3. The van der Waals surface area contributed by atoms with Crippen LogP contribution in [0.3, 0.4) is 0 Å². The molecule has 8 nitrogen and oxygen atoms in total. The minimum Gasteiger partial charge on any atom is -0.493 e. The molecule has 2 aromatic rings. The van der Waals surface area contributed by atoms with Crippen LogP contribution in [-0.2, 0) is 17.8 Å². The molecule has 1 aromatic carbocycles. The maximum absolute atomic E-state index is 12.4. The number of nitrogens with one attached hydrogen (secondary N) is 2. The van der Waals surface area contributed by atoms with E-state index < -0.39 is 0 Å². The fourth-order valence-electron chi connectivity index (χ4n) is 2.92. The first kappa shape index (κ1) is 19.0. The number of anilines is 1. The highest BCUT2D eigenvalue weighted by atomic mass is 32.1. The molecule has 3 amide bonds. The number of rotatable bonds is 6. The molecule has 0 bridgehead atoms. The third-order valence-electron chi connectivity index (χ3n) is 4.31. The van der Waals surface area contributed by atoms with Crippen LogP contribution in [0.4, 0.5) is 9.93 Å². The largest absolute Gasteiger partial charge is 0.493 e. The predicted octanol–water partition coefficient (Wildman–Crippen LogP) is 2.26. The number of hydrogen-bond acceptors (Lipinski definition) is 6. The number of carbonyl (C=O) groups excluding carboxylic acids is 2. The number of urea groups is 1. The van der Waals surface area contributed by atoms with Gasteiger partial charge in [0.2, 0.25) is 5.91 Å². The average molecular weight is 390 g/mol. The Balaban J connectivity index is 1.51. The molecule has 27 heavy (non-hydrogen) atoms. The van der Waals surface area contributed by atoms with Gasteiger partial charge in [-0.2, -0.15) is 0 Å². The van der Waals surface area contributed by atoms with Gasteiger partial charge in [-0.3, -0.25) is 4.79 Å². The van der Waals surface area contributed by atoms with E-state index in [4.69, 9.17) is 9.47 Å². The zero-order valence-corrected chi connectivity index (χ0v) is 16.1. The SMILES string of the molecule is COc1cc2c(cc1OC)CN(C(=O)NCCC(=O)Nc1nccs1)CC2. The van der Waals surface area contributed by atoms with Gasteiger partial charge in [0.15, 0.2) is 16.6 Å². The molecule has 0 spiro atoms. The van der Waals surface area contributed by atoms with Crippen molar-refractivity contribution in [3.8, 4) is 11.5 Å². The van der Waals surface area contributed by atoms with E-state index in [1.54, 1.807) is 30.7 Å². The lowest BCUT2D eigenvalue weighted by Gasteiger charge is -2.29. The molecular weight excluding hydrogens is 368 g/mol. The second-order valence-corrected chi connectivity index (χ2v) is 6.91. The van der Waals surface area contributed by atoms with Gasteiger partial charge in [-0.25, -0.2) is 9.78 Å². The van der Waals surface area contributed by atoms with E-state index >= 15 is 0 Å². The summed E-state index contributed by atoms with van der Waals surface area (Å²) >= 11 is 1.35. The third-order valence-corrected chi connectivity index (χ3v) is 5.00. The Morgan fingerprint density at radius 2 is 1.96 bits per heavy atom. The van der Waals surface area contributed by atoms with Gasteiger partial charge in [-0.1, -0.05) is 0 Å². The average Bonchev–Trinajstić information content (AvgIpc) is 3.19. The summed E-state index contributed by atoms with van der Waals surface area (Å²) in [5.41, 5.74) is 2.19. The fourth-order valence-corrected chi connectivity index (χ4v) is 3.46. The van der Waals surface area contributed by atoms with E-state index in [1.807, 2.05) is 12.1 Å². The van der Waals surface area contributed by atoms with Crippen molar-refractivity contribution in [1.82, 2.24) is 15.2 Å². The van der Waals surface area contributed by atoms with Gasteiger partial charge in [0.1, 0.15) is 0 Å². The molecule has 0 aliphatic carbocycles. The van der Waals surface area contributed by atoms with Crippen LogP contribution in [-0.4, -0.2) is 49.1 Å². The van der Waals surface area contributed by atoms with Crippen LogP contribution in [0.2, 0.25) is 0 Å². The molecule has 0 saturated heterocycles. The van der Waals surface area contributed by atoms with Crippen molar-refractivity contribution in [1.29, 1.82) is 0 Å². The number of carbonyl (C=O) groups is 2. The summed E-state index contributed by atoms with van der Waals surface area (Å²) in [4.78, 5) is 30.0. The highest BCUT2D eigenvalue weighted by molar-refractivity contribution is 7.13. The maximum Gasteiger partial charge on any atom is 0.317 e. The molecule has 2 N–H and O–H groups in total. The number of benzene rings is 1. The quantitative estimate of drug-likeness (QED) is 0.789. The van der Waals surface area contributed by atoms with Gasteiger partial charge >= 0.3 is 6.03 Å². The molecule has 3 rings (SSSR count). The minimum absolute atomic E-state index is 0.175.